The molecule has 7 nitrogen and oxygen atoms in total. The molecule has 1 heterocycles. The molecule has 2 rings (SSSR count). The van der Waals surface area contributed by atoms with E-state index in [1.54, 1.807) is 11.8 Å². The summed E-state index contributed by atoms with van der Waals surface area (Å²) in [5, 5.41) is 11.1. The summed E-state index contributed by atoms with van der Waals surface area (Å²) in [6, 6.07) is 0.921. The minimum Gasteiger partial charge on any atom is -0.380 e. The Morgan fingerprint density at radius 3 is 2.68 bits per heavy atom. The highest BCUT2D eigenvalue weighted by Gasteiger charge is 2.37. The molecule has 1 aromatic rings. The predicted octanol–water partition coefficient (Wildman–Crippen LogP) is 2.08. The van der Waals surface area contributed by atoms with Crippen molar-refractivity contribution in [2.45, 2.75) is 65.0 Å². The van der Waals surface area contributed by atoms with Crippen molar-refractivity contribution in [1.82, 2.24) is 20.4 Å². The lowest BCUT2D eigenvalue weighted by atomic mass is 9.91. The summed E-state index contributed by atoms with van der Waals surface area (Å²) in [5.41, 5.74) is 1.96. The molecule has 1 aliphatic carbocycles. The van der Waals surface area contributed by atoms with Crippen LogP contribution in [0.3, 0.4) is 0 Å². The van der Waals surface area contributed by atoms with Crippen molar-refractivity contribution < 1.29 is 14.3 Å². The van der Waals surface area contributed by atoms with E-state index >= 15 is 0 Å². The smallest absolute Gasteiger partial charge is 0.299 e. The zero-order chi connectivity index (χ0) is 20.5. The van der Waals surface area contributed by atoms with Gasteiger partial charge in [-0.25, -0.2) is 0 Å². The number of terminal acetylenes is 1. The third-order valence-electron chi connectivity index (χ3n) is 5.04. The monoisotopic (exact) mass is 386 g/mol. The maximum atomic E-state index is 13.2. The van der Waals surface area contributed by atoms with Crippen LogP contribution in [-0.2, 0) is 14.3 Å². The highest BCUT2D eigenvalue weighted by atomic mass is 16.5. The predicted molar refractivity (Wildman–Crippen MR) is 106 cm³/mol. The molecule has 0 spiro atoms. The van der Waals surface area contributed by atoms with Crippen LogP contribution in [0.5, 0.6) is 0 Å². The van der Waals surface area contributed by atoms with E-state index in [0.717, 1.165) is 32.1 Å². The third kappa shape index (κ3) is 5.52. The van der Waals surface area contributed by atoms with Gasteiger partial charge in [-0.15, -0.1) is 6.42 Å². The van der Waals surface area contributed by atoms with Gasteiger partial charge in [0.25, 0.3) is 5.91 Å². The average molecular weight is 386 g/mol. The van der Waals surface area contributed by atoms with Crippen molar-refractivity contribution in [1.29, 1.82) is 0 Å². The van der Waals surface area contributed by atoms with Crippen molar-refractivity contribution >= 4 is 11.8 Å². The highest BCUT2D eigenvalue weighted by Crippen LogP contribution is 2.32. The summed E-state index contributed by atoms with van der Waals surface area (Å²) in [7, 11) is 0. The van der Waals surface area contributed by atoms with E-state index in [4.69, 9.17) is 11.2 Å². The molecule has 1 saturated carbocycles. The summed E-state index contributed by atoms with van der Waals surface area (Å²) < 4.78 is 5.31. The van der Waals surface area contributed by atoms with Crippen LogP contribution < -0.4 is 5.32 Å². The Morgan fingerprint density at radius 2 is 2.04 bits per heavy atom. The van der Waals surface area contributed by atoms with Crippen LogP contribution >= 0.6 is 0 Å². The number of carbonyl (C=O) groups excluding carboxylic acids is 2. The number of hydrogen-bond acceptors (Lipinski definition) is 5. The molecular weight excluding hydrogens is 356 g/mol. The lowest BCUT2D eigenvalue weighted by Gasteiger charge is -2.38. The van der Waals surface area contributed by atoms with E-state index in [-0.39, 0.29) is 11.9 Å². The van der Waals surface area contributed by atoms with E-state index in [9.17, 15) is 9.59 Å². The summed E-state index contributed by atoms with van der Waals surface area (Å²) in [6.45, 7) is 6.86. The van der Waals surface area contributed by atoms with Gasteiger partial charge < -0.3 is 15.0 Å². The van der Waals surface area contributed by atoms with Crippen LogP contribution in [0.25, 0.3) is 0 Å². The molecule has 2 amide bonds. The van der Waals surface area contributed by atoms with Crippen molar-refractivity contribution in [3.8, 4) is 12.3 Å². The molecular formula is C21H30N4O3. The average Bonchev–Trinajstić information content (AvgIpc) is 2.71. The molecule has 0 bridgehead atoms. The normalized spacial score (nSPS) is 15.5. The number of nitrogens with zero attached hydrogens (tertiary/aromatic N) is 3. The summed E-state index contributed by atoms with van der Waals surface area (Å²) in [6.07, 6.45) is 10.3. The van der Waals surface area contributed by atoms with E-state index < -0.39 is 11.9 Å². The lowest BCUT2D eigenvalue weighted by Crippen LogP contribution is -2.49. The van der Waals surface area contributed by atoms with Crippen LogP contribution in [0.15, 0.2) is 6.07 Å². The molecule has 1 atom stereocenters. The molecule has 1 aromatic heterocycles. The first-order valence-electron chi connectivity index (χ1n) is 9.94. The number of amides is 2. The van der Waals surface area contributed by atoms with Crippen LogP contribution in [-0.4, -0.2) is 52.7 Å². The highest BCUT2D eigenvalue weighted by molar-refractivity contribution is 5.97. The Morgan fingerprint density at radius 1 is 1.32 bits per heavy atom. The topological polar surface area (TPSA) is 84.4 Å². The Bertz CT molecular complexity index is 723. The first-order chi connectivity index (χ1) is 13.5. The molecule has 0 radical (unpaired) electrons. The maximum Gasteiger partial charge on any atom is 0.299 e. The number of ether oxygens (including phenoxy) is 1. The minimum absolute atomic E-state index is 0.0622. The number of aryl methyl sites for hydroxylation is 2. The van der Waals surface area contributed by atoms with Gasteiger partial charge in [0.05, 0.1) is 18.0 Å². The van der Waals surface area contributed by atoms with Gasteiger partial charge in [0.15, 0.2) is 0 Å². The molecule has 0 aromatic carbocycles. The molecule has 152 valence electrons. The fourth-order valence-corrected chi connectivity index (χ4v) is 3.68. The molecule has 7 heteroatoms. The minimum atomic E-state index is -0.831. The first kappa shape index (κ1) is 21.8. The van der Waals surface area contributed by atoms with Gasteiger partial charge in [0.2, 0.25) is 5.91 Å². The fourth-order valence-electron chi connectivity index (χ4n) is 3.68. The fraction of sp³-hybridized carbons (Fsp3) is 0.619. The number of carbonyl (C=O) groups is 2. The van der Waals surface area contributed by atoms with Gasteiger partial charge in [-0.3, -0.25) is 9.59 Å². The summed E-state index contributed by atoms with van der Waals surface area (Å²) in [4.78, 5) is 27.5. The molecule has 28 heavy (non-hydrogen) atoms. The van der Waals surface area contributed by atoms with E-state index in [1.165, 1.54) is 0 Å². The number of aromatic nitrogens is 2. The maximum absolute atomic E-state index is 13.2. The van der Waals surface area contributed by atoms with Crippen LogP contribution in [0.2, 0.25) is 0 Å². The van der Waals surface area contributed by atoms with E-state index in [1.807, 2.05) is 19.9 Å². The Kier molecular flexibility index (Phi) is 8.40. The zero-order valence-electron chi connectivity index (χ0n) is 17.0. The van der Waals surface area contributed by atoms with Gasteiger partial charge in [0, 0.05) is 24.8 Å². The molecule has 1 fully saturated rings. The number of rotatable bonds is 8. The summed E-state index contributed by atoms with van der Waals surface area (Å²) >= 11 is 0. The second-order valence-electron chi connectivity index (χ2n) is 7.07. The van der Waals surface area contributed by atoms with Crippen molar-refractivity contribution in [2.24, 2.45) is 0 Å². The third-order valence-corrected chi connectivity index (χ3v) is 5.04. The van der Waals surface area contributed by atoms with Crippen LogP contribution in [0, 0.1) is 26.2 Å². The Labute approximate surface area is 167 Å². The van der Waals surface area contributed by atoms with Crippen LogP contribution in [0.1, 0.15) is 62.0 Å². The standard InChI is InChI=1S/C21H30N4O3/c1-5-19(26)25(17-10-8-7-9-11-17)20(21(27)22-12-13-28-6-2)18-14-15(3)23-24-16(18)4/h1,14,17,20H,6-13H2,2-4H3,(H,22,27). The number of nitrogens with one attached hydrogen (secondary N) is 1. The van der Waals surface area contributed by atoms with E-state index in [2.05, 4.69) is 21.4 Å². The Hall–Kier alpha value is -2.46. The van der Waals surface area contributed by atoms with Crippen molar-refractivity contribution in [2.75, 3.05) is 19.8 Å². The van der Waals surface area contributed by atoms with Gasteiger partial charge >= 0.3 is 0 Å². The largest absolute Gasteiger partial charge is 0.380 e. The van der Waals surface area contributed by atoms with Crippen LogP contribution in [0.4, 0.5) is 0 Å². The number of hydrogen-bond donors (Lipinski definition) is 1. The van der Waals surface area contributed by atoms with Crippen molar-refractivity contribution in [3.05, 3.63) is 23.0 Å². The first-order valence-corrected chi connectivity index (χ1v) is 9.94. The SMILES string of the molecule is C#CC(=O)N(C1CCCCC1)C(C(=O)NCCOCC)c1cc(C)nnc1C. The molecule has 1 unspecified atom stereocenters. The van der Waals surface area contributed by atoms with Crippen molar-refractivity contribution in [3.63, 3.8) is 0 Å². The van der Waals surface area contributed by atoms with Gasteiger partial charge in [0.1, 0.15) is 6.04 Å². The Balaban J connectivity index is 2.41. The van der Waals surface area contributed by atoms with E-state index in [0.29, 0.717) is 36.7 Å². The molecule has 0 aliphatic heterocycles. The molecule has 1 N–H and O–H groups in total. The summed E-state index contributed by atoms with van der Waals surface area (Å²) in [5.74, 6) is 1.48. The van der Waals surface area contributed by atoms with Gasteiger partial charge in [-0.1, -0.05) is 19.3 Å². The molecule has 0 saturated heterocycles. The second kappa shape index (κ2) is 10.8. The van der Waals surface area contributed by atoms with Gasteiger partial charge in [-0.2, -0.15) is 10.2 Å². The van der Waals surface area contributed by atoms with Gasteiger partial charge in [-0.05, 0) is 45.6 Å². The molecule has 1 aliphatic rings. The lowest BCUT2D eigenvalue weighted by molar-refractivity contribution is -0.140. The zero-order valence-corrected chi connectivity index (χ0v) is 17.0. The second-order valence-corrected chi connectivity index (χ2v) is 7.07. The quantitative estimate of drug-likeness (QED) is 0.546.